The first-order valence-electron chi connectivity index (χ1n) is 12.7. The number of carbonyl (C=O) groups excluding carboxylic acids is 3. The summed E-state index contributed by atoms with van der Waals surface area (Å²) in [4.78, 5) is 55.1. The molecule has 2 aliphatic rings. The van der Waals surface area contributed by atoms with Gasteiger partial charge in [0, 0.05) is 29.7 Å². The van der Waals surface area contributed by atoms with Crippen LogP contribution < -0.4 is 4.74 Å². The molecule has 5 rings (SSSR count). The molecule has 1 fully saturated rings. The quantitative estimate of drug-likeness (QED) is 0.118. The number of aliphatic imine (C=N–C) groups is 1. The molecule has 0 saturated carbocycles. The van der Waals surface area contributed by atoms with E-state index in [9.17, 15) is 24.5 Å². The fourth-order valence-corrected chi connectivity index (χ4v) is 5.89. The van der Waals surface area contributed by atoms with Gasteiger partial charge in [-0.05, 0) is 53.1 Å². The van der Waals surface area contributed by atoms with Crippen molar-refractivity contribution in [2.75, 3.05) is 20.0 Å². The van der Waals surface area contributed by atoms with Crippen molar-refractivity contribution in [1.29, 1.82) is 0 Å². The van der Waals surface area contributed by atoms with Crippen molar-refractivity contribution in [2.45, 2.75) is 18.0 Å². The molecule has 2 aliphatic heterocycles. The third-order valence-electron chi connectivity index (χ3n) is 6.81. The lowest BCUT2D eigenvalue weighted by molar-refractivity contribution is -0.384. The summed E-state index contributed by atoms with van der Waals surface area (Å²) in [5.74, 6) is -0.453. The molecule has 2 atom stereocenters. The number of esters is 2. The molecule has 0 N–H and O–H groups in total. The van der Waals surface area contributed by atoms with Gasteiger partial charge in [-0.3, -0.25) is 24.8 Å². The number of ether oxygens (including phenoxy) is 3. The van der Waals surface area contributed by atoms with E-state index in [1.54, 1.807) is 67.8 Å². The maximum Gasteiger partial charge on any atom is 0.355 e. The average Bonchev–Trinajstić information content (AvgIpc) is 3.03. The molecule has 2 heterocycles. The second-order valence-electron chi connectivity index (χ2n) is 9.30. The Hall–Kier alpha value is -4.97. The number of rotatable bonds is 9. The van der Waals surface area contributed by atoms with Crippen LogP contribution >= 0.6 is 11.8 Å². The van der Waals surface area contributed by atoms with Crippen molar-refractivity contribution in [3.8, 4) is 5.75 Å². The van der Waals surface area contributed by atoms with Gasteiger partial charge in [0.2, 0.25) is 0 Å². The molecule has 0 radical (unpaired) electrons. The van der Waals surface area contributed by atoms with Gasteiger partial charge in [-0.1, -0.05) is 24.3 Å². The highest BCUT2D eigenvalue weighted by Crippen LogP contribution is 2.44. The fraction of sp³-hybridized carbons (Fsp3) is 0.200. The van der Waals surface area contributed by atoms with E-state index in [0.29, 0.717) is 33.8 Å². The third-order valence-corrected chi connectivity index (χ3v) is 8.07. The van der Waals surface area contributed by atoms with Crippen LogP contribution in [0.15, 0.2) is 83.5 Å². The minimum Gasteiger partial charge on any atom is -0.497 e. The Morgan fingerprint density at radius 2 is 1.71 bits per heavy atom. The molecule has 3 aromatic carbocycles. The highest BCUT2D eigenvalue weighted by atomic mass is 32.2. The van der Waals surface area contributed by atoms with E-state index < -0.39 is 28.3 Å². The zero-order valence-electron chi connectivity index (χ0n) is 22.6. The zero-order valence-corrected chi connectivity index (χ0v) is 23.4. The number of β-lactam (4-membered cyclic amide) rings is 1. The van der Waals surface area contributed by atoms with E-state index in [0.717, 1.165) is 5.56 Å². The Balaban J connectivity index is 1.41. The van der Waals surface area contributed by atoms with Gasteiger partial charge in [0.1, 0.15) is 23.4 Å². The van der Waals surface area contributed by atoms with Crippen molar-refractivity contribution in [3.63, 3.8) is 0 Å². The molecular formula is C30H25N3O8S. The fourth-order valence-electron chi connectivity index (χ4n) is 4.53. The minimum atomic E-state index is -0.738. The standard InChI is InChI=1S/C30H25N3O8S/c1-39-23-13-5-19(6-14-23)16-41-30(36)26-24(20-7-9-21(10-8-20)29(35)40-2)17-42-28-25(27(34)32(26)28)31-15-18-3-11-22(12-4-18)33(37)38/h3-15,25,28H,16-17H2,1-2H3/t25-,28+/m1/s1. The Bertz CT molecular complexity index is 1580. The van der Waals surface area contributed by atoms with Gasteiger partial charge in [0.25, 0.3) is 11.6 Å². The summed E-state index contributed by atoms with van der Waals surface area (Å²) in [5, 5.41) is 10.5. The Kier molecular flexibility index (Phi) is 8.34. The van der Waals surface area contributed by atoms with Gasteiger partial charge in [-0.25, -0.2) is 9.59 Å². The van der Waals surface area contributed by atoms with Crippen molar-refractivity contribution in [1.82, 2.24) is 4.90 Å². The van der Waals surface area contributed by atoms with Crippen molar-refractivity contribution >= 4 is 47.1 Å². The van der Waals surface area contributed by atoms with Crippen LogP contribution in [0.3, 0.4) is 0 Å². The molecule has 0 spiro atoms. The molecule has 42 heavy (non-hydrogen) atoms. The van der Waals surface area contributed by atoms with Gasteiger partial charge in [-0.2, -0.15) is 0 Å². The average molecular weight is 588 g/mol. The number of fused-ring (bicyclic) bond motifs is 1. The monoisotopic (exact) mass is 587 g/mol. The van der Waals surface area contributed by atoms with E-state index >= 15 is 0 Å². The molecule has 12 heteroatoms. The van der Waals surface area contributed by atoms with Gasteiger partial charge in [-0.15, -0.1) is 11.8 Å². The number of thioether (sulfide) groups is 1. The van der Waals surface area contributed by atoms with E-state index in [4.69, 9.17) is 14.2 Å². The van der Waals surface area contributed by atoms with Crippen LogP contribution in [-0.4, -0.2) is 65.3 Å². The highest BCUT2D eigenvalue weighted by molar-refractivity contribution is 8.00. The molecule has 1 saturated heterocycles. The number of nitro groups is 1. The van der Waals surface area contributed by atoms with Gasteiger partial charge in [0.15, 0.2) is 6.04 Å². The first kappa shape index (κ1) is 28.6. The first-order valence-corrected chi connectivity index (χ1v) is 13.8. The number of amides is 1. The van der Waals surface area contributed by atoms with Crippen LogP contribution in [0.2, 0.25) is 0 Å². The summed E-state index contributed by atoms with van der Waals surface area (Å²) < 4.78 is 15.6. The maximum atomic E-state index is 13.5. The summed E-state index contributed by atoms with van der Waals surface area (Å²) in [6, 6.07) is 18.8. The Morgan fingerprint density at radius 1 is 1.02 bits per heavy atom. The molecule has 0 bridgehead atoms. The third kappa shape index (κ3) is 5.75. The molecule has 3 aromatic rings. The van der Waals surface area contributed by atoms with Crippen LogP contribution in [0.5, 0.6) is 5.75 Å². The summed E-state index contributed by atoms with van der Waals surface area (Å²) in [6.45, 7) is -0.0115. The summed E-state index contributed by atoms with van der Waals surface area (Å²) in [6.07, 6.45) is 1.50. The van der Waals surface area contributed by atoms with Crippen molar-refractivity contribution < 1.29 is 33.5 Å². The SMILES string of the molecule is COC(=O)c1ccc(C2=C(C(=O)OCc3ccc(OC)cc3)N3C(=O)[C@@H](N=Cc4ccc([N+](=O)[O-])cc4)[C@@H]3SC2)cc1. The number of nitro benzene ring substituents is 1. The molecule has 1 amide bonds. The normalized spacial score (nSPS) is 17.9. The number of hydrogen-bond donors (Lipinski definition) is 0. The van der Waals surface area contributed by atoms with Gasteiger partial charge >= 0.3 is 11.9 Å². The van der Waals surface area contributed by atoms with E-state index in [1.807, 2.05) is 0 Å². The van der Waals surface area contributed by atoms with Crippen molar-refractivity contribution in [3.05, 3.63) is 111 Å². The van der Waals surface area contributed by atoms with Crippen molar-refractivity contribution in [2.24, 2.45) is 4.99 Å². The predicted octanol–water partition coefficient (Wildman–Crippen LogP) is 4.25. The second-order valence-corrected chi connectivity index (χ2v) is 10.4. The van der Waals surface area contributed by atoms with Crippen LogP contribution in [0.4, 0.5) is 5.69 Å². The van der Waals surface area contributed by atoms with E-state index in [2.05, 4.69) is 4.99 Å². The Morgan fingerprint density at radius 3 is 2.33 bits per heavy atom. The molecule has 11 nitrogen and oxygen atoms in total. The lowest BCUT2D eigenvalue weighted by Crippen LogP contribution is -2.64. The largest absolute Gasteiger partial charge is 0.497 e. The van der Waals surface area contributed by atoms with Gasteiger partial charge in [0.05, 0.1) is 24.7 Å². The van der Waals surface area contributed by atoms with Crippen LogP contribution in [-0.2, 0) is 25.7 Å². The molecular weight excluding hydrogens is 562 g/mol. The lowest BCUT2D eigenvalue weighted by Gasteiger charge is -2.48. The number of non-ortho nitro benzene ring substituents is 1. The van der Waals surface area contributed by atoms with Crippen LogP contribution in [0.1, 0.15) is 27.0 Å². The summed E-state index contributed by atoms with van der Waals surface area (Å²) >= 11 is 1.45. The summed E-state index contributed by atoms with van der Waals surface area (Å²) in [7, 11) is 2.86. The smallest absolute Gasteiger partial charge is 0.355 e. The second kappa shape index (κ2) is 12.3. The van der Waals surface area contributed by atoms with E-state index in [1.165, 1.54) is 42.1 Å². The highest BCUT2D eigenvalue weighted by Gasteiger charge is 2.54. The van der Waals surface area contributed by atoms with E-state index in [-0.39, 0.29) is 23.9 Å². The molecule has 0 unspecified atom stereocenters. The maximum absolute atomic E-state index is 13.5. The Labute approximate surface area is 244 Å². The molecule has 214 valence electrons. The zero-order chi connectivity index (χ0) is 29.8. The number of benzene rings is 3. The minimum absolute atomic E-state index is 0.0115. The number of nitrogens with zero attached hydrogens (tertiary/aromatic N) is 3. The number of methoxy groups -OCH3 is 2. The van der Waals surface area contributed by atoms with Gasteiger partial charge < -0.3 is 14.2 Å². The van der Waals surface area contributed by atoms with Crippen LogP contribution in [0.25, 0.3) is 5.57 Å². The number of carbonyl (C=O) groups is 3. The summed E-state index contributed by atoms with van der Waals surface area (Å²) in [5.41, 5.74) is 3.05. The van der Waals surface area contributed by atoms with Crippen LogP contribution in [0, 0.1) is 10.1 Å². The number of hydrogen-bond acceptors (Lipinski definition) is 10. The predicted molar refractivity (Wildman–Crippen MR) is 155 cm³/mol. The molecule has 0 aromatic heterocycles. The first-order chi connectivity index (χ1) is 20.3. The topological polar surface area (TPSA) is 138 Å². The molecule has 0 aliphatic carbocycles. The lowest BCUT2D eigenvalue weighted by atomic mass is 9.98.